The standard InChI is InChI=1S/C10H11BrClNO4S/c1-6-3-7(11)4-8(18(12,15)16)10(6)17-5-9(14)13-2/h3-4H,5H2,1-2H3,(H,13,14). The van der Waals surface area contributed by atoms with Crippen LogP contribution < -0.4 is 10.1 Å². The summed E-state index contributed by atoms with van der Waals surface area (Å²) >= 11 is 3.18. The van der Waals surface area contributed by atoms with E-state index in [1.54, 1.807) is 13.0 Å². The van der Waals surface area contributed by atoms with Crippen LogP contribution in [0.3, 0.4) is 0 Å². The molecule has 8 heteroatoms. The normalized spacial score (nSPS) is 11.1. The maximum atomic E-state index is 11.4. The highest BCUT2D eigenvalue weighted by molar-refractivity contribution is 9.10. The molecule has 1 amide bonds. The Morgan fingerprint density at radius 2 is 2.11 bits per heavy atom. The van der Waals surface area contributed by atoms with Crippen LogP contribution in [0.25, 0.3) is 0 Å². The number of hydrogen-bond donors (Lipinski definition) is 1. The van der Waals surface area contributed by atoms with E-state index in [1.807, 2.05) is 0 Å². The van der Waals surface area contributed by atoms with Crippen molar-refractivity contribution in [3.63, 3.8) is 0 Å². The van der Waals surface area contributed by atoms with Crippen LogP contribution in [0.2, 0.25) is 0 Å². The maximum Gasteiger partial charge on any atom is 0.265 e. The fourth-order valence-electron chi connectivity index (χ4n) is 1.28. The van der Waals surface area contributed by atoms with E-state index in [-0.39, 0.29) is 23.2 Å². The van der Waals surface area contributed by atoms with Gasteiger partial charge in [-0.05, 0) is 24.6 Å². The van der Waals surface area contributed by atoms with Crippen molar-refractivity contribution in [3.05, 3.63) is 22.2 Å². The molecule has 0 atom stereocenters. The predicted octanol–water partition coefficient (Wildman–Crippen LogP) is 1.81. The van der Waals surface area contributed by atoms with Crippen LogP contribution in [0.15, 0.2) is 21.5 Å². The Morgan fingerprint density at radius 3 is 2.61 bits per heavy atom. The van der Waals surface area contributed by atoms with Gasteiger partial charge in [-0.25, -0.2) is 8.42 Å². The van der Waals surface area contributed by atoms with Crippen molar-refractivity contribution in [1.82, 2.24) is 5.32 Å². The third-order valence-corrected chi connectivity index (χ3v) is 3.88. The highest BCUT2D eigenvalue weighted by atomic mass is 79.9. The number of nitrogens with one attached hydrogen (secondary N) is 1. The maximum absolute atomic E-state index is 11.4. The molecular weight excluding hydrogens is 346 g/mol. The quantitative estimate of drug-likeness (QED) is 0.835. The van der Waals surface area contributed by atoms with Crippen LogP contribution >= 0.6 is 26.6 Å². The molecule has 0 aliphatic carbocycles. The molecule has 0 bridgehead atoms. The SMILES string of the molecule is CNC(=O)COc1c(C)cc(Br)cc1S(=O)(=O)Cl. The Kier molecular flexibility index (Phi) is 5.01. The van der Waals surface area contributed by atoms with Gasteiger partial charge in [0.05, 0.1) is 0 Å². The van der Waals surface area contributed by atoms with E-state index in [0.29, 0.717) is 10.0 Å². The molecule has 0 aliphatic rings. The Labute approximate surface area is 118 Å². The molecule has 1 aromatic carbocycles. The zero-order valence-electron chi connectivity index (χ0n) is 9.66. The fraction of sp³-hybridized carbons (Fsp3) is 0.300. The van der Waals surface area contributed by atoms with Crippen LogP contribution in [0.5, 0.6) is 5.75 Å². The number of halogens is 2. The van der Waals surface area contributed by atoms with Gasteiger partial charge in [0, 0.05) is 22.2 Å². The molecule has 1 aromatic rings. The first-order valence-corrected chi connectivity index (χ1v) is 7.94. The number of benzene rings is 1. The molecule has 18 heavy (non-hydrogen) atoms. The molecule has 0 radical (unpaired) electrons. The molecule has 0 aliphatic heterocycles. The molecule has 5 nitrogen and oxygen atoms in total. The Hall–Kier alpha value is -0.790. The fourth-order valence-corrected chi connectivity index (χ4v) is 3.05. The van der Waals surface area contributed by atoms with Crippen LogP contribution in [0.1, 0.15) is 5.56 Å². The monoisotopic (exact) mass is 355 g/mol. The number of carbonyl (C=O) groups is 1. The molecule has 0 saturated heterocycles. The molecule has 0 saturated carbocycles. The van der Waals surface area contributed by atoms with Crippen molar-refractivity contribution in [2.45, 2.75) is 11.8 Å². The van der Waals surface area contributed by atoms with Crippen LogP contribution in [0.4, 0.5) is 0 Å². The Balaban J connectivity index is 3.21. The summed E-state index contributed by atoms with van der Waals surface area (Å²) in [5, 5.41) is 2.37. The summed E-state index contributed by atoms with van der Waals surface area (Å²) in [6.45, 7) is 1.38. The van der Waals surface area contributed by atoms with Gasteiger partial charge >= 0.3 is 0 Å². The number of ether oxygens (including phenoxy) is 1. The zero-order valence-corrected chi connectivity index (χ0v) is 12.8. The van der Waals surface area contributed by atoms with Gasteiger partial charge in [-0.2, -0.15) is 0 Å². The van der Waals surface area contributed by atoms with E-state index >= 15 is 0 Å². The minimum absolute atomic E-state index is 0.0804. The molecule has 0 fully saturated rings. The molecule has 0 heterocycles. The number of aryl methyl sites for hydroxylation is 1. The van der Waals surface area contributed by atoms with Gasteiger partial charge in [0.25, 0.3) is 15.0 Å². The lowest BCUT2D eigenvalue weighted by molar-refractivity contribution is -0.122. The van der Waals surface area contributed by atoms with Crippen LogP contribution in [0, 0.1) is 6.92 Å². The zero-order chi connectivity index (χ0) is 13.9. The second-order valence-electron chi connectivity index (χ2n) is 3.45. The number of carbonyl (C=O) groups excluding carboxylic acids is 1. The molecule has 1 rings (SSSR count). The molecule has 1 N–H and O–H groups in total. The molecular formula is C10H11BrClNO4S. The first-order chi connectivity index (χ1) is 8.25. The lowest BCUT2D eigenvalue weighted by Gasteiger charge is -2.12. The van der Waals surface area contributed by atoms with Gasteiger partial charge < -0.3 is 10.1 Å². The number of hydrogen-bond acceptors (Lipinski definition) is 4. The lowest BCUT2D eigenvalue weighted by Crippen LogP contribution is -2.25. The number of rotatable bonds is 4. The van der Waals surface area contributed by atoms with E-state index in [4.69, 9.17) is 15.4 Å². The first-order valence-electron chi connectivity index (χ1n) is 4.84. The third kappa shape index (κ3) is 3.86. The predicted molar refractivity (Wildman–Crippen MR) is 71.5 cm³/mol. The summed E-state index contributed by atoms with van der Waals surface area (Å²) < 4.78 is 28.6. The van der Waals surface area contributed by atoms with Crippen LogP contribution in [-0.4, -0.2) is 28.0 Å². The second-order valence-corrected chi connectivity index (χ2v) is 6.90. The van der Waals surface area contributed by atoms with Crippen molar-refractivity contribution in [2.24, 2.45) is 0 Å². The molecule has 0 aromatic heterocycles. The largest absolute Gasteiger partial charge is 0.482 e. The van der Waals surface area contributed by atoms with E-state index in [0.717, 1.165) is 0 Å². The van der Waals surface area contributed by atoms with Gasteiger partial charge in [0.15, 0.2) is 6.61 Å². The van der Waals surface area contributed by atoms with Crippen molar-refractivity contribution in [2.75, 3.05) is 13.7 Å². The average molecular weight is 357 g/mol. The molecule has 0 unspecified atom stereocenters. The number of amides is 1. The summed E-state index contributed by atoms with van der Waals surface area (Å²) in [5.74, 6) is -0.285. The minimum atomic E-state index is -3.95. The summed E-state index contributed by atoms with van der Waals surface area (Å²) in [7, 11) is 2.84. The van der Waals surface area contributed by atoms with Gasteiger partial charge in [-0.3, -0.25) is 4.79 Å². The van der Waals surface area contributed by atoms with Crippen molar-refractivity contribution in [1.29, 1.82) is 0 Å². The van der Waals surface area contributed by atoms with Gasteiger partial charge in [-0.15, -0.1) is 0 Å². The smallest absolute Gasteiger partial charge is 0.265 e. The van der Waals surface area contributed by atoms with Gasteiger partial charge in [0.2, 0.25) is 0 Å². The summed E-state index contributed by atoms with van der Waals surface area (Å²) in [5.41, 5.74) is 0.563. The molecule has 0 spiro atoms. The highest BCUT2D eigenvalue weighted by Gasteiger charge is 2.20. The number of likely N-dealkylation sites (N-methyl/N-ethyl adjacent to an activating group) is 1. The third-order valence-electron chi connectivity index (χ3n) is 2.09. The van der Waals surface area contributed by atoms with E-state index in [1.165, 1.54) is 13.1 Å². The lowest BCUT2D eigenvalue weighted by atomic mass is 10.2. The van der Waals surface area contributed by atoms with E-state index in [2.05, 4.69) is 21.2 Å². The Morgan fingerprint density at radius 1 is 1.50 bits per heavy atom. The van der Waals surface area contributed by atoms with Gasteiger partial charge in [-0.1, -0.05) is 15.9 Å². The van der Waals surface area contributed by atoms with Crippen LogP contribution in [-0.2, 0) is 13.8 Å². The minimum Gasteiger partial charge on any atom is -0.482 e. The Bertz CT molecular complexity index is 573. The topological polar surface area (TPSA) is 72.5 Å². The second kappa shape index (κ2) is 5.90. The van der Waals surface area contributed by atoms with E-state index in [9.17, 15) is 13.2 Å². The molecule has 100 valence electrons. The van der Waals surface area contributed by atoms with Crippen molar-refractivity contribution >= 4 is 41.6 Å². The summed E-state index contributed by atoms with van der Waals surface area (Å²) in [6, 6.07) is 3.00. The summed E-state index contributed by atoms with van der Waals surface area (Å²) in [6.07, 6.45) is 0. The van der Waals surface area contributed by atoms with E-state index < -0.39 is 9.05 Å². The summed E-state index contributed by atoms with van der Waals surface area (Å²) in [4.78, 5) is 10.9. The van der Waals surface area contributed by atoms with Crippen molar-refractivity contribution in [3.8, 4) is 5.75 Å². The van der Waals surface area contributed by atoms with Crippen molar-refractivity contribution < 1.29 is 17.9 Å². The first kappa shape index (κ1) is 15.3. The van der Waals surface area contributed by atoms with Gasteiger partial charge in [0.1, 0.15) is 10.6 Å². The highest BCUT2D eigenvalue weighted by Crippen LogP contribution is 2.33. The average Bonchev–Trinajstić information content (AvgIpc) is 2.25.